The van der Waals surface area contributed by atoms with Gasteiger partial charge in [0.15, 0.2) is 5.69 Å². The maximum atomic E-state index is 12.5. The molecule has 1 amide bonds. The predicted octanol–water partition coefficient (Wildman–Crippen LogP) is 1.82. The van der Waals surface area contributed by atoms with E-state index in [9.17, 15) is 4.79 Å². The molecule has 1 aliphatic rings. The van der Waals surface area contributed by atoms with Crippen molar-refractivity contribution in [3.8, 4) is 0 Å². The van der Waals surface area contributed by atoms with E-state index in [0.717, 1.165) is 13.0 Å². The van der Waals surface area contributed by atoms with E-state index >= 15 is 0 Å². The molecule has 0 fully saturated rings. The van der Waals surface area contributed by atoms with Gasteiger partial charge in [-0.1, -0.05) is 0 Å². The quantitative estimate of drug-likeness (QED) is 0.864. The fourth-order valence-corrected chi connectivity index (χ4v) is 3.56. The van der Waals surface area contributed by atoms with E-state index < -0.39 is 0 Å². The molecule has 19 heavy (non-hydrogen) atoms. The van der Waals surface area contributed by atoms with Crippen LogP contribution in [0.25, 0.3) is 0 Å². The Hall–Kier alpha value is -1.82. The average molecular weight is 276 g/mol. The summed E-state index contributed by atoms with van der Waals surface area (Å²) >= 11 is 1.76. The van der Waals surface area contributed by atoms with E-state index in [-0.39, 0.29) is 11.9 Å². The number of thiophene rings is 1. The number of nitrogens with zero attached hydrogens (tertiary/aromatic N) is 3. The van der Waals surface area contributed by atoms with Gasteiger partial charge in [0, 0.05) is 24.7 Å². The molecule has 3 heterocycles. The van der Waals surface area contributed by atoms with Gasteiger partial charge in [-0.3, -0.25) is 9.48 Å². The summed E-state index contributed by atoms with van der Waals surface area (Å²) in [5, 5.41) is 6.25. The number of nitrogen functional groups attached to an aromatic ring is 1. The monoisotopic (exact) mass is 276 g/mol. The summed E-state index contributed by atoms with van der Waals surface area (Å²) in [6.07, 6.45) is 2.58. The minimum absolute atomic E-state index is 0.0811. The molecule has 2 N–H and O–H groups in total. The number of rotatable bonds is 1. The van der Waals surface area contributed by atoms with Crippen LogP contribution in [0, 0.1) is 0 Å². The van der Waals surface area contributed by atoms with Gasteiger partial charge in [-0.15, -0.1) is 11.3 Å². The zero-order valence-electron chi connectivity index (χ0n) is 11.0. The third-order valence-corrected chi connectivity index (χ3v) is 4.59. The summed E-state index contributed by atoms with van der Waals surface area (Å²) in [5.41, 5.74) is 7.88. The van der Waals surface area contributed by atoms with E-state index in [1.165, 1.54) is 10.4 Å². The summed E-state index contributed by atoms with van der Waals surface area (Å²) in [5.74, 6) is -0.0811. The standard InChI is InChI=1S/C13H16N4OS/c1-8-9-4-6-19-11(9)3-5-17(8)13(18)12-10(14)7-16(2)15-12/h4,6-8H,3,5,14H2,1-2H3. The van der Waals surface area contributed by atoms with Gasteiger partial charge in [0.25, 0.3) is 5.91 Å². The molecule has 2 aromatic rings. The molecule has 3 rings (SSSR count). The highest BCUT2D eigenvalue weighted by molar-refractivity contribution is 7.10. The van der Waals surface area contributed by atoms with E-state index in [1.54, 1.807) is 29.3 Å². The number of fused-ring (bicyclic) bond motifs is 1. The lowest BCUT2D eigenvalue weighted by Gasteiger charge is -2.33. The second-order valence-corrected chi connectivity index (χ2v) is 5.83. The lowest BCUT2D eigenvalue weighted by atomic mass is 10.0. The lowest BCUT2D eigenvalue weighted by Crippen LogP contribution is -2.38. The molecule has 1 aliphatic heterocycles. The van der Waals surface area contributed by atoms with Crippen molar-refractivity contribution in [1.82, 2.24) is 14.7 Å². The SMILES string of the molecule is CC1c2ccsc2CCN1C(=O)c1nn(C)cc1N. The first-order valence-corrected chi connectivity index (χ1v) is 7.12. The first kappa shape index (κ1) is 12.2. The second-order valence-electron chi connectivity index (χ2n) is 4.83. The summed E-state index contributed by atoms with van der Waals surface area (Å²) < 4.78 is 1.58. The number of carbonyl (C=O) groups is 1. The zero-order chi connectivity index (χ0) is 13.6. The molecule has 0 saturated carbocycles. The predicted molar refractivity (Wildman–Crippen MR) is 75.1 cm³/mol. The molecule has 0 aliphatic carbocycles. The van der Waals surface area contributed by atoms with Gasteiger partial charge >= 0.3 is 0 Å². The Morgan fingerprint density at radius 3 is 3.05 bits per heavy atom. The molecule has 0 spiro atoms. The van der Waals surface area contributed by atoms with Gasteiger partial charge in [-0.25, -0.2) is 0 Å². The van der Waals surface area contributed by atoms with Crippen molar-refractivity contribution >= 4 is 22.9 Å². The van der Waals surface area contributed by atoms with Crippen LogP contribution in [0.15, 0.2) is 17.6 Å². The number of carbonyl (C=O) groups excluding carboxylic acids is 1. The number of nitrogens with two attached hydrogens (primary N) is 1. The molecule has 5 nitrogen and oxygen atoms in total. The van der Waals surface area contributed by atoms with Crippen LogP contribution in [0.5, 0.6) is 0 Å². The van der Waals surface area contributed by atoms with Crippen molar-refractivity contribution in [2.24, 2.45) is 7.05 Å². The molecular formula is C13H16N4OS. The van der Waals surface area contributed by atoms with E-state index in [2.05, 4.69) is 23.5 Å². The van der Waals surface area contributed by atoms with Gasteiger partial charge in [-0.2, -0.15) is 5.10 Å². The Kier molecular flexibility index (Phi) is 2.82. The van der Waals surface area contributed by atoms with Crippen molar-refractivity contribution in [1.29, 1.82) is 0 Å². The van der Waals surface area contributed by atoms with E-state index in [1.807, 2.05) is 4.90 Å². The Labute approximate surface area is 115 Å². The van der Waals surface area contributed by atoms with Crippen LogP contribution in [0.1, 0.15) is 33.9 Å². The number of amides is 1. The van der Waals surface area contributed by atoms with Gasteiger partial charge in [-0.05, 0) is 30.4 Å². The van der Waals surface area contributed by atoms with Crippen molar-refractivity contribution < 1.29 is 4.79 Å². The molecule has 0 radical (unpaired) electrons. The molecule has 1 unspecified atom stereocenters. The van der Waals surface area contributed by atoms with Gasteiger partial charge in [0.1, 0.15) is 0 Å². The molecular weight excluding hydrogens is 260 g/mol. The number of hydrogen-bond acceptors (Lipinski definition) is 4. The van der Waals surface area contributed by atoms with E-state index in [0.29, 0.717) is 11.4 Å². The minimum Gasteiger partial charge on any atom is -0.396 e. The van der Waals surface area contributed by atoms with Gasteiger partial charge in [0.2, 0.25) is 0 Å². The smallest absolute Gasteiger partial charge is 0.277 e. The number of aromatic nitrogens is 2. The summed E-state index contributed by atoms with van der Waals surface area (Å²) in [7, 11) is 1.77. The third-order valence-electron chi connectivity index (χ3n) is 3.60. The van der Waals surface area contributed by atoms with Crippen molar-refractivity contribution in [2.45, 2.75) is 19.4 Å². The maximum Gasteiger partial charge on any atom is 0.277 e. The summed E-state index contributed by atoms with van der Waals surface area (Å²) in [6, 6.07) is 2.19. The molecule has 0 bridgehead atoms. The highest BCUT2D eigenvalue weighted by Crippen LogP contribution is 2.33. The van der Waals surface area contributed by atoms with Crippen LogP contribution in [0.4, 0.5) is 5.69 Å². The molecule has 6 heteroatoms. The van der Waals surface area contributed by atoms with Crippen molar-refractivity contribution in [2.75, 3.05) is 12.3 Å². The fraction of sp³-hybridized carbons (Fsp3) is 0.385. The van der Waals surface area contributed by atoms with Crippen molar-refractivity contribution in [3.05, 3.63) is 33.8 Å². The summed E-state index contributed by atoms with van der Waals surface area (Å²) in [4.78, 5) is 15.8. The Balaban J connectivity index is 1.92. The number of aryl methyl sites for hydroxylation is 1. The van der Waals surface area contributed by atoms with Crippen LogP contribution in [0.2, 0.25) is 0 Å². The lowest BCUT2D eigenvalue weighted by molar-refractivity contribution is 0.0673. The van der Waals surface area contributed by atoms with Crippen LogP contribution in [0.3, 0.4) is 0 Å². The molecule has 2 aromatic heterocycles. The van der Waals surface area contributed by atoms with Crippen LogP contribution >= 0.6 is 11.3 Å². The topological polar surface area (TPSA) is 64.2 Å². The second kappa shape index (κ2) is 4.38. The highest BCUT2D eigenvalue weighted by Gasteiger charge is 2.31. The minimum atomic E-state index is -0.0811. The molecule has 100 valence electrons. The first-order valence-electron chi connectivity index (χ1n) is 6.24. The maximum absolute atomic E-state index is 12.5. The molecule has 0 aromatic carbocycles. The van der Waals surface area contributed by atoms with E-state index in [4.69, 9.17) is 5.73 Å². The van der Waals surface area contributed by atoms with Gasteiger partial charge in [0.05, 0.1) is 11.7 Å². The molecule has 1 atom stereocenters. The number of hydrogen-bond donors (Lipinski definition) is 1. The normalized spacial score (nSPS) is 18.4. The Morgan fingerprint density at radius 1 is 1.58 bits per heavy atom. The summed E-state index contributed by atoms with van der Waals surface area (Å²) in [6.45, 7) is 2.78. The number of anilines is 1. The third kappa shape index (κ3) is 1.92. The Bertz CT molecular complexity index is 630. The largest absolute Gasteiger partial charge is 0.396 e. The van der Waals surface area contributed by atoms with Crippen LogP contribution in [-0.2, 0) is 13.5 Å². The average Bonchev–Trinajstić information content (AvgIpc) is 2.96. The first-order chi connectivity index (χ1) is 9.08. The zero-order valence-corrected chi connectivity index (χ0v) is 11.8. The fourth-order valence-electron chi connectivity index (χ4n) is 2.60. The van der Waals surface area contributed by atoms with Crippen LogP contribution < -0.4 is 5.73 Å². The highest BCUT2D eigenvalue weighted by atomic mass is 32.1. The molecule has 0 saturated heterocycles. The Morgan fingerprint density at radius 2 is 2.37 bits per heavy atom. The van der Waals surface area contributed by atoms with Gasteiger partial charge < -0.3 is 10.6 Å². The van der Waals surface area contributed by atoms with Crippen molar-refractivity contribution in [3.63, 3.8) is 0 Å². The van der Waals surface area contributed by atoms with Crippen LogP contribution in [-0.4, -0.2) is 27.1 Å².